The first-order valence-corrected chi connectivity index (χ1v) is 3.94. The van der Waals surface area contributed by atoms with Gasteiger partial charge in [-0.1, -0.05) is 13.8 Å². The fraction of sp³-hybridized carbons (Fsp3) is 0.875. The Morgan fingerprint density at radius 2 is 1.58 bits per heavy atom. The first-order valence-electron chi connectivity index (χ1n) is 3.94. The van der Waals surface area contributed by atoms with Crippen LogP contribution in [-0.2, 0) is 4.79 Å². The van der Waals surface area contributed by atoms with Crippen LogP contribution in [0.2, 0.25) is 0 Å². The molecular weight excluding hydrogens is 160 g/mol. The molecule has 0 radical (unpaired) electrons. The van der Waals surface area contributed by atoms with Crippen LogP contribution in [0.3, 0.4) is 0 Å². The normalized spacial score (nSPS) is 10.1. The minimum atomic E-state index is -0.833. The molecule has 12 heavy (non-hydrogen) atoms. The zero-order chi connectivity index (χ0) is 10.2. The molecule has 0 fully saturated rings. The van der Waals surface area contributed by atoms with Crippen LogP contribution >= 0.6 is 0 Å². The van der Waals surface area contributed by atoms with E-state index in [2.05, 4.69) is 0 Å². The van der Waals surface area contributed by atoms with Crippen LogP contribution in [0, 0.1) is 0 Å². The van der Waals surface area contributed by atoms with Gasteiger partial charge in [0.1, 0.15) is 0 Å². The van der Waals surface area contributed by atoms with Gasteiger partial charge in [0.15, 0.2) is 0 Å². The number of aliphatic carboxylic acids is 1. The minimum Gasteiger partial charge on any atom is -0.481 e. The molecule has 0 amide bonds. The largest absolute Gasteiger partial charge is 0.481 e. The predicted octanol–water partition coefficient (Wildman–Crippen LogP) is 0.621. The molecule has 0 saturated heterocycles. The molecule has 0 aliphatic carbocycles. The second-order valence-electron chi connectivity index (χ2n) is 2.61. The van der Waals surface area contributed by atoms with E-state index in [0.717, 1.165) is 6.92 Å². The van der Waals surface area contributed by atoms with E-state index in [-0.39, 0.29) is 6.61 Å². The highest BCUT2D eigenvalue weighted by Gasteiger charge is 2.19. The van der Waals surface area contributed by atoms with Gasteiger partial charge in [-0.25, -0.2) is 0 Å². The Bertz CT molecular complexity index is 106. The smallest absolute Gasteiger partial charge is 0.300 e. The monoisotopic (exact) mass is 178 g/mol. The van der Waals surface area contributed by atoms with Crippen LogP contribution < -0.4 is 0 Å². The van der Waals surface area contributed by atoms with Gasteiger partial charge in [-0.05, 0) is 12.8 Å². The Balaban J connectivity index is 0. The highest BCUT2D eigenvalue weighted by molar-refractivity contribution is 5.62. The number of carboxylic acid groups (broad SMARTS) is 1. The molecule has 0 rings (SSSR count). The quantitative estimate of drug-likeness (QED) is 0.592. The van der Waals surface area contributed by atoms with Crippen molar-refractivity contribution < 1.29 is 20.1 Å². The number of carboxylic acids is 1. The molecule has 0 saturated carbocycles. The van der Waals surface area contributed by atoms with Gasteiger partial charge in [-0.3, -0.25) is 4.79 Å². The second kappa shape index (κ2) is 7.06. The van der Waals surface area contributed by atoms with E-state index in [1.54, 1.807) is 0 Å². The topological polar surface area (TPSA) is 77.8 Å². The molecule has 0 aromatic carbocycles. The van der Waals surface area contributed by atoms with Crippen molar-refractivity contribution in [3.63, 3.8) is 0 Å². The van der Waals surface area contributed by atoms with Crippen LogP contribution in [0.4, 0.5) is 0 Å². The first-order chi connectivity index (χ1) is 5.41. The van der Waals surface area contributed by atoms with Crippen molar-refractivity contribution in [3.05, 3.63) is 0 Å². The third kappa shape index (κ3) is 9.39. The molecule has 0 aliphatic rings. The van der Waals surface area contributed by atoms with Crippen LogP contribution in [-0.4, -0.2) is 33.5 Å². The number of aliphatic hydroxyl groups is 2. The summed E-state index contributed by atoms with van der Waals surface area (Å²) in [4.78, 5) is 9.00. The third-order valence-corrected chi connectivity index (χ3v) is 1.61. The molecule has 0 unspecified atom stereocenters. The molecule has 0 spiro atoms. The highest BCUT2D eigenvalue weighted by Crippen LogP contribution is 2.11. The summed E-state index contributed by atoms with van der Waals surface area (Å²) < 4.78 is 0. The van der Waals surface area contributed by atoms with Crippen molar-refractivity contribution >= 4 is 5.97 Å². The van der Waals surface area contributed by atoms with Gasteiger partial charge in [-0.2, -0.15) is 0 Å². The van der Waals surface area contributed by atoms with Gasteiger partial charge in [-0.15, -0.1) is 0 Å². The van der Waals surface area contributed by atoms with Gasteiger partial charge in [0.2, 0.25) is 0 Å². The van der Waals surface area contributed by atoms with Crippen LogP contribution in [0.1, 0.15) is 33.6 Å². The van der Waals surface area contributed by atoms with E-state index in [1.165, 1.54) is 0 Å². The van der Waals surface area contributed by atoms with Gasteiger partial charge in [0, 0.05) is 6.92 Å². The van der Waals surface area contributed by atoms with Crippen molar-refractivity contribution in [2.45, 2.75) is 39.2 Å². The molecule has 4 nitrogen and oxygen atoms in total. The zero-order valence-electron chi connectivity index (χ0n) is 7.87. The Morgan fingerprint density at radius 1 is 1.33 bits per heavy atom. The summed E-state index contributed by atoms with van der Waals surface area (Å²) in [6.07, 6.45) is 1.25. The Morgan fingerprint density at radius 3 is 1.58 bits per heavy atom. The van der Waals surface area contributed by atoms with Gasteiger partial charge < -0.3 is 15.3 Å². The van der Waals surface area contributed by atoms with Crippen molar-refractivity contribution in [1.29, 1.82) is 0 Å². The van der Waals surface area contributed by atoms with Crippen LogP contribution in [0.5, 0.6) is 0 Å². The molecule has 0 heterocycles. The molecule has 0 aromatic heterocycles. The van der Waals surface area contributed by atoms with Crippen LogP contribution in [0.15, 0.2) is 0 Å². The fourth-order valence-electron chi connectivity index (χ4n) is 0.474. The van der Waals surface area contributed by atoms with E-state index < -0.39 is 11.6 Å². The maximum Gasteiger partial charge on any atom is 0.300 e. The third-order valence-electron chi connectivity index (χ3n) is 1.61. The highest BCUT2D eigenvalue weighted by atomic mass is 16.4. The zero-order valence-corrected chi connectivity index (χ0v) is 7.87. The van der Waals surface area contributed by atoms with E-state index >= 15 is 0 Å². The fourth-order valence-corrected chi connectivity index (χ4v) is 0.474. The lowest BCUT2D eigenvalue weighted by Crippen LogP contribution is -2.30. The molecular formula is C8H18O4. The molecule has 0 aliphatic heterocycles. The lowest BCUT2D eigenvalue weighted by molar-refractivity contribution is -0.134. The van der Waals surface area contributed by atoms with Gasteiger partial charge in [0.05, 0.1) is 12.2 Å². The summed E-state index contributed by atoms with van der Waals surface area (Å²) in [6, 6.07) is 0. The average molecular weight is 178 g/mol. The maximum absolute atomic E-state index is 9.19. The summed E-state index contributed by atoms with van der Waals surface area (Å²) in [7, 11) is 0. The summed E-state index contributed by atoms with van der Waals surface area (Å²) in [5.74, 6) is -0.833. The number of hydrogen-bond donors (Lipinski definition) is 3. The van der Waals surface area contributed by atoms with Crippen molar-refractivity contribution in [2.24, 2.45) is 0 Å². The summed E-state index contributed by atoms with van der Waals surface area (Å²) in [5, 5.41) is 25.1. The number of rotatable bonds is 3. The maximum atomic E-state index is 9.19. The van der Waals surface area contributed by atoms with Crippen molar-refractivity contribution in [2.75, 3.05) is 6.61 Å². The van der Waals surface area contributed by atoms with Crippen LogP contribution in [0.25, 0.3) is 0 Å². The number of hydrogen-bond acceptors (Lipinski definition) is 3. The Kier molecular flexibility index (Phi) is 8.21. The van der Waals surface area contributed by atoms with E-state index in [0.29, 0.717) is 12.8 Å². The molecule has 3 N–H and O–H groups in total. The molecule has 0 aromatic rings. The molecule has 0 atom stereocenters. The second-order valence-corrected chi connectivity index (χ2v) is 2.61. The molecule has 0 bridgehead atoms. The van der Waals surface area contributed by atoms with Crippen molar-refractivity contribution in [3.8, 4) is 0 Å². The van der Waals surface area contributed by atoms with E-state index in [4.69, 9.17) is 15.0 Å². The lowest BCUT2D eigenvalue weighted by Gasteiger charge is -2.21. The SMILES string of the molecule is CC(=O)O.CCC(O)(CC)CO. The van der Waals surface area contributed by atoms with E-state index in [9.17, 15) is 5.11 Å². The summed E-state index contributed by atoms with van der Waals surface area (Å²) in [6.45, 7) is 4.68. The van der Waals surface area contributed by atoms with Gasteiger partial charge in [0.25, 0.3) is 5.97 Å². The predicted molar refractivity (Wildman–Crippen MR) is 45.9 cm³/mol. The van der Waals surface area contributed by atoms with Crippen molar-refractivity contribution in [1.82, 2.24) is 0 Å². The first kappa shape index (κ1) is 13.9. The Hall–Kier alpha value is -0.610. The van der Waals surface area contributed by atoms with E-state index in [1.807, 2.05) is 13.8 Å². The van der Waals surface area contributed by atoms with Gasteiger partial charge >= 0.3 is 0 Å². The summed E-state index contributed by atoms with van der Waals surface area (Å²) >= 11 is 0. The standard InChI is InChI=1S/C6H14O2.C2H4O2/c1-3-6(8,4-2)5-7;1-2(3)4/h7-8H,3-5H2,1-2H3;1H3,(H,3,4). The number of carbonyl (C=O) groups is 1. The number of aliphatic hydroxyl groups excluding tert-OH is 1. The summed E-state index contributed by atoms with van der Waals surface area (Å²) in [5.41, 5.74) is -0.819. The minimum absolute atomic E-state index is 0.125. The lowest BCUT2D eigenvalue weighted by atomic mass is 9.99. The molecule has 74 valence electrons. The molecule has 4 heteroatoms. The average Bonchev–Trinajstić information content (AvgIpc) is 2.02. The Labute approximate surface area is 72.8 Å².